The number of carbonyl (C=O) groups is 4. The molecule has 278 valence electrons. The normalized spacial score (nSPS) is 12.7. The molecule has 0 spiro atoms. The number of carboxylic acid groups (broad SMARTS) is 1. The summed E-state index contributed by atoms with van der Waals surface area (Å²) in [6, 6.07) is -1.39. The number of esters is 1. The molecule has 9 nitrogen and oxygen atoms in total. The van der Waals surface area contributed by atoms with Crippen LogP contribution >= 0.6 is 0 Å². The average molecular weight is 679 g/mol. The van der Waals surface area contributed by atoms with Crippen LogP contribution in [0.15, 0.2) is 24.3 Å². The molecule has 0 saturated heterocycles. The quantitative estimate of drug-likeness (QED) is 0.0304. The van der Waals surface area contributed by atoms with Crippen molar-refractivity contribution < 1.29 is 34.1 Å². The van der Waals surface area contributed by atoms with Crippen molar-refractivity contribution in [3.8, 4) is 0 Å². The van der Waals surface area contributed by atoms with Crippen LogP contribution in [0.25, 0.3) is 0 Å². The maximum Gasteiger partial charge on any atom is 0.328 e. The molecule has 0 aliphatic carbocycles. The van der Waals surface area contributed by atoms with Crippen LogP contribution in [0.5, 0.6) is 0 Å². The van der Waals surface area contributed by atoms with Gasteiger partial charge in [-0.25, -0.2) is 4.79 Å². The highest BCUT2D eigenvalue weighted by atomic mass is 16.5. The molecule has 2 atom stereocenters. The first-order valence-corrected chi connectivity index (χ1v) is 19.2. The zero-order valence-electron chi connectivity index (χ0n) is 30.5. The molecule has 0 fully saturated rings. The van der Waals surface area contributed by atoms with Crippen LogP contribution in [0.4, 0.5) is 0 Å². The topological polar surface area (TPSA) is 142 Å². The van der Waals surface area contributed by atoms with Gasteiger partial charge < -0.3 is 25.6 Å². The van der Waals surface area contributed by atoms with Crippen molar-refractivity contribution in [3.05, 3.63) is 24.3 Å². The Hall–Kier alpha value is -2.68. The molecule has 9 heteroatoms. The molecule has 0 radical (unpaired) electrons. The number of carbonyl (C=O) groups excluding carboxylic acids is 3. The Balaban J connectivity index is 4.20. The maximum absolute atomic E-state index is 12.6. The predicted molar refractivity (Wildman–Crippen MR) is 195 cm³/mol. The third kappa shape index (κ3) is 30.6. The molecule has 2 unspecified atom stereocenters. The summed E-state index contributed by atoms with van der Waals surface area (Å²) in [5.41, 5.74) is 0. The van der Waals surface area contributed by atoms with Crippen molar-refractivity contribution >= 4 is 23.8 Å². The van der Waals surface area contributed by atoms with Gasteiger partial charge in [0.15, 0.2) is 0 Å². The van der Waals surface area contributed by atoms with E-state index in [2.05, 4.69) is 42.7 Å². The Morgan fingerprint density at radius 2 is 1.12 bits per heavy atom. The fraction of sp³-hybridized carbons (Fsp3) is 0.795. The highest BCUT2D eigenvalue weighted by molar-refractivity contribution is 5.87. The first-order chi connectivity index (χ1) is 23.3. The molecule has 0 heterocycles. The number of hydrogen-bond donors (Lipinski definition) is 4. The number of hydrogen-bond acceptors (Lipinski definition) is 6. The Bertz CT molecular complexity index is 874. The number of aliphatic hydroxyl groups is 1. The Kier molecular flexibility index (Phi) is 32.3. The largest absolute Gasteiger partial charge is 0.480 e. The van der Waals surface area contributed by atoms with E-state index in [0.717, 1.165) is 64.2 Å². The number of carboxylic acids is 1. The van der Waals surface area contributed by atoms with Gasteiger partial charge in [0.05, 0.1) is 13.2 Å². The standard InChI is InChI=1S/C39H70N2O7/c1-3-5-7-9-11-12-13-14-15-16-17-18-19-21-27-31-38(45)48-34(28-24-20-10-8-6-4-2)29-25-22-23-26-30-36(43)40-32-37(44)41-35(33-42)39(46)47/h14-15,24,28,34-35,42H,3-13,16-23,25-27,29-33H2,1-2H3,(H,40,43)(H,41,44)(H,46,47)/b15-14-,28-24-. The van der Waals surface area contributed by atoms with Crippen molar-refractivity contribution in [1.29, 1.82) is 0 Å². The monoisotopic (exact) mass is 679 g/mol. The molecule has 0 rings (SSSR count). The summed E-state index contributed by atoms with van der Waals surface area (Å²) in [6.45, 7) is 3.40. The van der Waals surface area contributed by atoms with Crippen LogP contribution in [0.1, 0.15) is 174 Å². The molecule has 2 amide bonds. The molecule has 4 N–H and O–H groups in total. The maximum atomic E-state index is 12.6. The molecule has 0 aromatic carbocycles. The summed E-state index contributed by atoms with van der Waals surface area (Å²) in [5.74, 6) is -2.41. The summed E-state index contributed by atoms with van der Waals surface area (Å²) < 4.78 is 5.86. The average Bonchev–Trinajstić information content (AvgIpc) is 3.07. The molecule has 0 aliphatic rings. The van der Waals surface area contributed by atoms with Crippen molar-refractivity contribution in [1.82, 2.24) is 10.6 Å². The molecular weight excluding hydrogens is 608 g/mol. The van der Waals surface area contributed by atoms with E-state index in [0.29, 0.717) is 12.8 Å². The van der Waals surface area contributed by atoms with E-state index < -0.39 is 24.5 Å². The number of amides is 2. The van der Waals surface area contributed by atoms with E-state index >= 15 is 0 Å². The second-order valence-corrected chi connectivity index (χ2v) is 13.0. The van der Waals surface area contributed by atoms with Crippen LogP contribution in [0.3, 0.4) is 0 Å². The van der Waals surface area contributed by atoms with E-state index in [9.17, 15) is 19.2 Å². The summed E-state index contributed by atoms with van der Waals surface area (Å²) >= 11 is 0. The summed E-state index contributed by atoms with van der Waals surface area (Å²) in [6.07, 6.45) is 35.1. The predicted octanol–water partition coefficient (Wildman–Crippen LogP) is 8.48. The molecule has 48 heavy (non-hydrogen) atoms. The van der Waals surface area contributed by atoms with Crippen molar-refractivity contribution in [2.75, 3.05) is 13.2 Å². The minimum atomic E-state index is -1.39. The van der Waals surface area contributed by atoms with Crippen molar-refractivity contribution in [3.63, 3.8) is 0 Å². The van der Waals surface area contributed by atoms with Gasteiger partial charge in [0.25, 0.3) is 0 Å². The molecular formula is C39H70N2O7. The van der Waals surface area contributed by atoms with E-state index in [1.54, 1.807) is 0 Å². The van der Waals surface area contributed by atoms with Crippen LogP contribution in [-0.2, 0) is 23.9 Å². The van der Waals surface area contributed by atoms with Crippen molar-refractivity contribution in [2.24, 2.45) is 0 Å². The Labute approximate surface area is 292 Å². The van der Waals surface area contributed by atoms with Crippen LogP contribution in [-0.4, -0.2) is 59.3 Å². The summed E-state index contributed by atoms with van der Waals surface area (Å²) in [7, 11) is 0. The van der Waals surface area contributed by atoms with Gasteiger partial charge in [-0.15, -0.1) is 0 Å². The third-order valence-electron chi connectivity index (χ3n) is 8.41. The van der Waals surface area contributed by atoms with Gasteiger partial charge in [-0.3, -0.25) is 14.4 Å². The highest BCUT2D eigenvalue weighted by Gasteiger charge is 2.18. The second kappa shape index (κ2) is 34.2. The first kappa shape index (κ1) is 45.3. The van der Waals surface area contributed by atoms with E-state index in [1.807, 2.05) is 6.08 Å². The van der Waals surface area contributed by atoms with Gasteiger partial charge in [0.2, 0.25) is 11.8 Å². The number of rotatable bonds is 34. The minimum Gasteiger partial charge on any atom is -0.480 e. The minimum absolute atomic E-state index is 0.123. The van der Waals surface area contributed by atoms with Gasteiger partial charge in [0, 0.05) is 12.8 Å². The zero-order chi connectivity index (χ0) is 35.5. The highest BCUT2D eigenvalue weighted by Crippen LogP contribution is 2.15. The fourth-order valence-corrected chi connectivity index (χ4v) is 5.38. The van der Waals surface area contributed by atoms with E-state index in [-0.39, 0.29) is 30.9 Å². The van der Waals surface area contributed by atoms with Gasteiger partial charge in [-0.1, -0.05) is 116 Å². The smallest absolute Gasteiger partial charge is 0.328 e. The molecule has 0 aliphatic heterocycles. The number of nitrogens with one attached hydrogen (secondary N) is 2. The Morgan fingerprint density at radius 1 is 0.625 bits per heavy atom. The van der Waals surface area contributed by atoms with Gasteiger partial charge in [0.1, 0.15) is 12.1 Å². The fourth-order valence-electron chi connectivity index (χ4n) is 5.38. The number of ether oxygens (including phenoxy) is 1. The second-order valence-electron chi connectivity index (χ2n) is 13.0. The summed E-state index contributed by atoms with van der Waals surface area (Å²) in [4.78, 5) is 47.3. The Morgan fingerprint density at radius 3 is 1.71 bits per heavy atom. The lowest BCUT2D eigenvalue weighted by Crippen LogP contribution is -2.47. The lowest BCUT2D eigenvalue weighted by atomic mass is 10.1. The van der Waals surface area contributed by atoms with Crippen LogP contribution in [0, 0.1) is 0 Å². The zero-order valence-corrected chi connectivity index (χ0v) is 30.5. The van der Waals surface area contributed by atoms with Crippen molar-refractivity contribution in [2.45, 2.75) is 187 Å². The van der Waals surface area contributed by atoms with E-state index in [4.69, 9.17) is 14.9 Å². The van der Waals surface area contributed by atoms with Crippen LogP contribution in [0.2, 0.25) is 0 Å². The molecule has 0 aromatic rings. The lowest BCUT2D eigenvalue weighted by molar-refractivity contribution is -0.147. The summed E-state index contributed by atoms with van der Waals surface area (Å²) in [5, 5.41) is 22.5. The van der Waals surface area contributed by atoms with Gasteiger partial charge >= 0.3 is 11.9 Å². The molecule has 0 bridgehead atoms. The first-order valence-electron chi connectivity index (χ1n) is 19.2. The number of unbranched alkanes of at least 4 members (excludes halogenated alkanes) is 18. The number of aliphatic hydroxyl groups excluding tert-OH is 1. The van der Waals surface area contributed by atoms with Gasteiger partial charge in [-0.05, 0) is 70.3 Å². The van der Waals surface area contributed by atoms with E-state index in [1.165, 1.54) is 77.0 Å². The third-order valence-corrected chi connectivity index (χ3v) is 8.41. The van der Waals surface area contributed by atoms with Gasteiger partial charge in [-0.2, -0.15) is 0 Å². The lowest BCUT2D eigenvalue weighted by Gasteiger charge is -2.15. The number of aliphatic carboxylic acids is 1. The molecule has 0 saturated carbocycles. The SMILES string of the molecule is CCCCCC/C=C\C(CCCCCCC(=O)NCC(=O)NC(CO)C(=O)O)OC(=O)CCCCCCC/C=C\CCCCCCCC. The molecule has 0 aromatic heterocycles. The number of allylic oxidation sites excluding steroid dienone is 3. The van der Waals surface area contributed by atoms with Crippen LogP contribution < -0.4 is 10.6 Å².